The molecule has 1 fully saturated rings. The minimum absolute atomic E-state index is 0.00183. The van der Waals surface area contributed by atoms with Gasteiger partial charge in [-0.15, -0.1) is 10.2 Å². The van der Waals surface area contributed by atoms with Gasteiger partial charge in [-0.25, -0.2) is 4.98 Å². The Morgan fingerprint density at radius 2 is 1.55 bits per heavy atom. The maximum atomic E-state index is 11.1. The highest BCUT2D eigenvalue weighted by atomic mass is 16.6. The van der Waals surface area contributed by atoms with Crippen LogP contribution >= 0.6 is 0 Å². The molecule has 0 spiro atoms. The number of imidazole rings is 1. The van der Waals surface area contributed by atoms with Gasteiger partial charge < -0.3 is 35.7 Å². The number of aliphatic hydroxyl groups excluding tert-OH is 3. The predicted octanol–water partition coefficient (Wildman–Crippen LogP) is 3.20. The van der Waals surface area contributed by atoms with E-state index in [0.717, 1.165) is 16.7 Å². The van der Waals surface area contributed by atoms with Crippen LogP contribution in [0.4, 0.5) is 11.8 Å². The molecule has 0 aliphatic carbocycles. The van der Waals surface area contributed by atoms with Crippen LogP contribution in [0.1, 0.15) is 40.8 Å². The summed E-state index contributed by atoms with van der Waals surface area (Å²) in [6, 6.07) is 29.9. The topological polar surface area (TPSA) is 179 Å². The molecule has 3 aromatic carbocycles. The van der Waals surface area contributed by atoms with Gasteiger partial charge in [0.05, 0.1) is 19.0 Å². The summed E-state index contributed by atoms with van der Waals surface area (Å²) < 4.78 is 7.68. The lowest BCUT2D eigenvalue weighted by atomic mass is 9.91. The normalized spacial score (nSPS) is 20.1. The molecule has 6 N–H and O–H groups in total. The first kappa shape index (κ1) is 30.4. The summed E-state index contributed by atoms with van der Waals surface area (Å²) in [5.41, 5.74) is 4.14. The standard InChI is InChI=1S/C34H35N9O4/c44-18-24(16-21-10-4-1-5-11-21)39-34-40-30(35-17-25(22-12-6-2-7-13-22)23-14-8-3-9-15-23)26-32(41-34)43(20-37-26)33-28(46)27(45)29(47-33)31-36-19-38-42-31/h1-15,19-20,24-25,27-29,33,44-46H,16-18H2,(H,36,38,42)(H2,35,39,40,41)/t24-,27-,28+,29-,33+/m0/s1. The van der Waals surface area contributed by atoms with Gasteiger partial charge in [-0.1, -0.05) is 91.0 Å². The lowest BCUT2D eigenvalue weighted by molar-refractivity contribution is -0.0382. The Hall–Kier alpha value is -5.21. The van der Waals surface area contributed by atoms with Crippen molar-refractivity contribution in [2.45, 2.75) is 42.9 Å². The summed E-state index contributed by atoms with van der Waals surface area (Å²) >= 11 is 0. The number of benzene rings is 3. The number of nitrogens with one attached hydrogen (secondary N) is 3. The summed E-state index contributed by atoms with van der Waals surface area (Å²) in [6.07, 6.45) is -1.11. The molecular weight excluding hydrogens is 598 g/mol. The Balaban J connectivity index is 1.25. The van der Waals surface area contributed by atoms with Crippen LogP contribution in [0.15, 0.2) is 104 Å². The SMILES string of the molecule is OC[C@H](Cc1ccccc1)Nc1nc(NCC(c2ccccc2)c2ccccc2)c2ncn([C@@H]3O[C@H](c4nnc[nH]4)[C@@H](O)[C@H]3O)c2n1. The van der Waals surface area contributed by atoms with Gasteiger partial charge >= 0.3 is 0 Å². The molecule has 0 unspecified atom stereocenters. The highest BCUT2D eigenvalue weighted by Crippen LogP contribution is 2.39. The van der Waals surface area contributed by atoms with Crippen molar-refractivity contribution in [3.05, 3.63) is 126 Å². The molecule has 5 atom stereocenters. The fourth-order valence-corrected chi connectivity index (χ4v) is 6.00. The van der Waals surface area contributed by atoms with Gasteiger partial charge in [-0.3, -0.25) is 4.57 Å². The van der Waals surface area contributed by atoms with Gasteiger partial charge in [0.1, 0.15) is 24.6 Å². The first-order valence-corrected chi connectivity index (χ1v) is 15.5. The molecule has 1 aliphatic heterocycles. The second kappa shape index (κ2) is 13.6. The minimum Gasteiger partial charge on any atom is -0.394 e. The molecule has 0 saturated carbocycles. The van der Waals surface area contributed by atoms with Crippen molar-refractivity contribution in [3.8, 4) is 0 Å². The molecule has 0 radical (unpaired) electrons. The molecule has 3 aromatic heterocycles. The van der Waals surface area contributed by atoms with E-state index in [1.807, 2.05) is 66.7 Å². The summed E-state index contributed by atoms with van der Waals surface area (Å²) in [5.74, 6) is 1.02. The van der Waals surface area contributed by atoms with E-state index in [9.17, 15) is 15.3 Å². The van der Waals surface area contributed by atoms with Crippen LogP contribution in [0.25, 0.3) is 11.2 Å². The average molecular weight is 634 g/mol. The van der Waals surface area contributed by atoms with Crippen LogP contribution in [-0.2, 0) is 11.2 Å². The van der Waals surface area contributed by atoms with E-state index in [-0.39, 0.29) is 24.5 Å². The summed E-state index contributed by atoms with van der Waals surface area (Å²) in [7, 11) is 0. The van der Waals surface area contributed by atoms with E-state index in [1.165, 1.54) is 12.7 Å². The fraction of sp³-hybridized carbons (Fsp3) is 0.265. The molecule has 13 heteroatoms. The molecule has 0 amide bonds. The summed E-state index contributed by atoms with van der Waals surface area (Å²) in [6.45, 7) is 0.340. The van der Waals surface area contributed by atoms with Gasteiger partial charge in [-0.05, 0) is 23.1 Å². The number of H-pyrrole nitrogens is 1. The molecule has 0 bridgehead atoms. The molecule has 47 heavy (non-hydrogen) atoms. The van der Waals surface area contributed by atoms with Crippen molar-refractivity contribution in [3.63, 3.8) is 0 Å². The van der Waals surface area contributed by atoms with Crippen molar-refractivity contribution in [1.82, 2.24) is 34.7 Å². The molecule has 4 heterocycles. The highest BCUT2D eigenvalue weighted by molar-refractivity contribution is 5.84. The van der Waals surface area contributed by atoms with E-state index in [2.05, 4.69) is 55.1 Å². The Morgan fingerprint density at radius 1 is 0.872 bits per heavy atom. The zero-order valence-electron chi connectivity index (χ0n) is 25.3. The van der Waals surface area contributed by atoms with Gasteiger partial charge in [0.2, 0.25) is 5.95 Å². The van der Waals surface area contributed by atoms with E-state index < -0.39 is 24.5 Å². The van der Waals surface area contributed by atoms with Crippen molar-refractivity contribution in [2.24, 2.45) is 0 Å². The number of aromatic amines is 1. The molecule has 1 aliphatic rings. The molecule has 240 valence electrons. The molecule has 6 aromatic rings. The number of anilines is 2. The first-order chi connectivity index (χ1) is 23.1. The number of aliphatic hydroxyl groups is 3. The third kappa shape index (κ3) is 6.42. The summed E-state index contributed by atoms with van der Waals surface area (Å²) in [5, 5.41) is 46.8. The van der Waals surface area contributed by atoms with Crippen molar-refractivity contribution < 1.29 is 20.1 Å². The zero-order chi connectivity index (χ0) is 32.2. The number of fused-ring (bicyclic) bond motifs is 1. The quantitative estimate of drug-likeness (QED) is 0.117. The molecule has 13 nitrogen and oxygen atoms in total. The Labute approximate surface area is 270 Å². The largest absolute Gasteiger partial charge is 0.394 e. The summed E-state index contributed by atoms with van der Waals surface area (Å²) in [4.78, 5) is 17.1. The van der Waals surface area contributed by atoms with Gasteiger partial charge in [-0.2, -0.15) is 9.97 Å². The lowest BCUT2D eigenvalue weighted by Gasteiger charge is -2.21. The van der Waals surface area contributed by atoms with Crippen LogP contribution in [0, 0.1) is 0 Å². The number of nitrogens with zero attached hydrogens (tertiary/aromatic N) is 6. The maximum absolute atomic E-state index is 11.1. The van der Waals surface area contributed by atoms with E-state index in [0.29, 0.717) is 35.8 Å². The zero-order valence-corrected chi connectivity index (χ0v) is 25.3. The Kier molecular flexibility index (Phi) is 8.84. The lowest BCUT2D eigenvalue weighted by Crippen LogP contribution is -2.29. The van der Waals surface area contributed by atoms with Gasteiger partial charge in [0.15, 0.2) is 29.0 Å². The maximum Gasteiger partial charge on any atom is 0.227 e. The van der Waals surface area contributed by atoms with Gasteiger partial charge in [0, 0.05) is 12.5 Å². The Morgan fingerprint density at radius 3 is 2.19 bits per heavy atom. The predicted molar refractivity (Wildman–Crippen MR) is 174 cm³/mol. The van der Waals surface area contributed by atoms with Crippen LogP contribution in [0.5, 0.6) is 0 Å². The van der Waals surface area contributed by atoms with Crippen molar-refractivity contribution in [2.75, 3.05) is 23.8 Å². The fourth-order valence-electron chi connectivity index (χ4n) is 6.00. The first-order valence-electron chi connectivity index (χ1n) is 15.5. The van der Waals surface area contributed by atoms with Crippen LogP contribution in [0.2, 0.25) is 0 Å². The second-order valence-electron chi connectivity index (χ2n) is 11.5. The number of hydrogen-bond donors (Lipinski definition) is 6. The highest BCUT2D eigenvalue weighted by Gasteiger charge is 2.46. The third-order valence-electron chi connectivity index (χ3n) is 8.40. The molecular formula is C34H35N9O4. The van der Waals surface area contributed by atoms with E-state index >= 15 is 0 Å². The van der Waals surface area contributed by atoms with E-state index in [1.54, 1.807) is 4.57 Å². The monoisotopic (exact) mass is 633 g/mol. The third-order valence-corrected chi connectivity index (χ3v) is 8.40. The number of rotatable bonds is 12. The van der Waals surface area contributed by atoms with Crippen molar-refractivity contribution >= 4 is 22.9 Å². The van der Waals surface area contributed by atoms with Crippen molar-refractivity contribution in [1.29, 1.82) is 0 Å². The smallest absolute Gasteiger partial charge is 0.227 e. The van der Waals surface area contributed by atoms with E-state index in [4.69, 9.17) is 14.7 Å². The number of ether oxygens (including phenoxy) is 1. The van der Waals surface area contributed by atoms with Crippen LogP contribution in [-0.4, -0.2) is 81.4 Å². The average Bonchev–Trinajstić information content (AvgIpc) is 3.86. The van der Waals surface area contributed by atoms with Crippen LogP contribution in [0.3, 0.4) is 0 Å². The molecule has 7 rings (SSSR count). The molecule has 1 saturated heterocycles. The number of hydrogen-bond acceptors (Lipinski definition) is 11. The number of aromatic nitrogens is 7. The Bertz CT molecular complexity index is 1830. The second-order valence-corrected chi connectivity index (χ2v) is 11.5. The van der Waals surface area contributed by atoms with Crippen LogP contribution < -0.4 is 10.6 Å². The van der Waals surface area contributed by atoms with Gasteiger partial charge in [0.25, 0.3) is 0 Å². The minimum atomic E-state index is -1.31.